The molecule has 3 heteroatoms. The minimum Gasteiger partial charge on any atom is -0.310 e. The van der Waals surface area contributed by atoms with E-state index in [1.54, 1.807) is 0 Å². The molecule has 2 heterocycles. The van der Waals surface area contributed by atoms with Gasteiger partial charge in [0, 0.05) is 5.69 Å². The first-order valence-electron chi connectivity index (χ1n) is 17.9. The van der Waals surface area contributed by atoms with Crippen LogP contribution in [0.1, 0.15) is 22.3 Å². The fourth-order valence-corrected chi connectivity index (χ4v) is 8.62. The molecule has 1 aliphatic carbocycles. The van der Waals surface area contributed by atoms with Crippen LogP contribution in [0.2, 0.25) is 0 Å². The molecule has 7 aromatic carbocycles. The second-order valence-corrected chi connectivity index (χ2v) is 13.6. The number of rotatable bonds is 4. The maximum absolute atomic E-state index is 14.9. The number of carbonyl (C=O) groups is 1. The van der Waals surface area contributed by atoms with Crippen LogP contribution in [0.4, 0.5) is 28.4 Å². The lowest BCUT2D eigenvalue weighted by atomic mass is 9.59. The number of benzene rings is 7. The molecule has 0 saturated heterocycles. The number of amides is 1. The van der Waals surface area contributed by atoms with Gasteiger partial charge in [0.2, 0.25) is 5.91 Å². The van der Waals surface area contributed by atoms with Crippen molar-refractivity contribution in [1.29, 1.82) is 0 Å². The van der Waals surface area contributed by atoms with Crippen LogP contribution in [0.15, 0.2) is 200 Å². The van der Waals surface area contributed by atoms with Gasteiger partial charge in [0.25, 0.3) is 0 Å². The highest BCUT2D eigenvalue weighted by Gasteiger charge is 2.53. The van der Waals surface area contributed by atoms with Crippen molar-refractivity contribution < 1.29 is 4.79 Å². The molecule has 7 aromatic rings. The van der Waals surface area contributed by atoms with Crippen molar-refractivity contribution >= 4 is 34.3 Å². The Hall–Kier alpha value is -6.71. The number of hydrogen-bond donors (Lipinski definition) is 0. The molecule has 3 nitrogen and oxygen atoms in total. The summed E-state index contributed by atoms with van der Waals surface area (Å²) in [6.45, 7) is 0. The molecule has 0 atom stereocenters. The van der Waals surface area contributed by atoms with E-state index in [0.717, 1.165) is 61.8 Å². The van der Waals surface area contributed by atoms with Gasteiger partial charge in [-0.1, -0.05) is 152 Å². The largest absolute Gasteiger partial charge is 0.310 e. The van der Waals surface area contributed by atoms with Crippen LogP contribution in [0.3, 0.4) is 0 Å². The zero-order valence-electron chi connectivity index (χ0n) is 28.4. The highest BCUT2D eigenvalue weighted by atomic mass is 16.2. The van der Waals surface area contributed by atoms with Gasteiger partial charge in [-0.25, -0.2) is 0 Å². The lowest BCUT2D eigenvalue weighted by Gasteiger charge is -2.51. The summed E-state index contributed by atoms with van der Waals surface area (Å²) in [5.74, 6) is -0.317. The predicted molar refractivity (Wildman–Crippen MR) is 213 cm³/mol. The number of fused-ring (bicyclic) bond motifs is 8. The average molecular weight is 667 g/mol. The minimum absolute atomic E-state index is 0.0329. The van der Waals surface area contributed by atoms with Crippen LogP contribution in [0.5, 0.6) is 0 Å². The van der Waals surface area contributed by atoms with Crippen molar-refractivity contribution in [1.82, 2.24) is 0 Å². The summed E-state index contributed by atoms with van der Waals surface area (Å²) in [6.07, 6.45) is 7.93. The number of carbonyl (C=O) groups excluding carboxylic acids is 1. The smallest absolute Gasteiger partial charge is 0.242 e. The SMILES string of the molecule is O=C(C1C=CC=C1)N1c2ccc(-c3ccccc3)cc2C2(c3cc(-c4ccccc4)ccc31)c1ccccc1N(c1ccccc1)c1ccccc12. The fourth-order valence-electron chi connectivity index (χ4n) is 8.62. The molecule has 0 unspecified atom stereocenters. The summed E-state index contributed by atoms with van der Waals surface area (Å²) in [5, 5.41) is 0. The second kappa shape index (κ2) is 12.0. The molecular formula is C49H34N2O. The molecule has 0 fully saturated rings. The van der Waals surface area contributed by atoms with Crippen LogP contribution in [-0.2, 0) is 10.2 Å². The van der Waals surface area contributed by atoms with Gasteiger partial charge < -0.3 is 4.90 Å². The molecule has 2 aliphatic heterocycles. The summed E-state index contributed by atoms with van der Waals surface area (Å²) >= 11 is 0. The van der Waals surface area contributed by atoms with Crippen molar-refractivity contribution in [2.45, 2.75) is 5.41 Å². The molecule has 1 amide bonds. The van der Waals surface area contributed by atoms with E-state index >= 15 is 0 Å². The lowest BCUT2D eigenvalue weighted by molar-refractivity contribution is -0.119. The molecule has 0 N–H and O–H groups in total. The summed E-state index contributed by atoms with van der Waals surface area (Å²) < 4.78 is 0. The Balaban J connectivity index is 1.36. The summed E-state index contributed by atoms with van der Waals surface area (Å²) in [5.41, 5.74) is 13.3. The summed E-state index contributed by atoms with van der Waals surface area (Å²) in [6, 6.07) is 62.7. The Morgan fingerprint density at radius 2 is 0.865 bits per heavy atom. The van der Waals surface area contributed by atoms with E-state index in [0.29, 0.717) is 0 Å². The van der Waals surface area contributed by atoms with E-state index in [1.807, 2.05) is 29.2 Å². The fraction of sp³-hybridized carbons (Fsp3) is 0.0408. The highest BCUT2D eigenvalue weighted by molar-refractivity contribution is 6.09. The van der Waals surface area contributed by atoms with Gasteiger partial charge in [0.05, 0.1) is 34.1 Å². The standard InChI is InChI=1S/C49H34N2O/c52-48(36-20-10-11-21-36)51-46-30-28-37(34-16-4-1-5-17-34)32-42(46)49(43-33-38(29-31-47(43)51)35-18-6-2-7-19-35)40-24-12-14-26-44(40)50(39-22-8-3-9-23-39)45-27-15-13-25-41(45)49/h1-33,36H. The third-order valence-electron chi connectivity index (χ3n) is 10.9. The van der Waals surface area contributed by atoms with Crippen LogP contribution >= 0.6 is 0 Å². The first-order chi connectivity index (χ1) is 25.7. The van der Waals surface area contributed by atoms with Crippen LogP contribution in [0.25, 0.3) is 22.3 Å². The van der Waals surface area contributed by atoms with E-state index in [2.05, 4.69) is 181 Å². The molecular weight excluding hydrogens is 633 g/mol. The van der Waals surface area contributed by atoms with Gasteiger partial charge in [-0.05, 0) is 93.0 Å². The Kier molecular flexibility index (Phi) is 6.94. The summed E-state index contributed by atoms with van der Waals surface area (Å²) in [4.78, 5) is 19.2. The topological polar surface area (TPSA) is 23.6 Å². The maximum atomic E-state index is 14.9. The average Bonchev–Trinajstić information content (AvgIpc) is 3.77. The van der Waals surface area contributed by atoms with Crippen LogP contribution < -0.4 is 9.80 Å². The lowest BCUT2D eigenvalue weighted by Crippen LogP contribution is -2.45. The highest BCUT2D eigenvalue weighted by Crippen LogP contribution is 2.63. The molecule has 246 valence electrons. The van der Waals surface area contributed by atoms with Crippen molar-refractivity contribution in [3.05, 3.63) is 222 Å². The normalized spacial score (nSPS) is 14.8. The maximum Gasteiger partial charge on any atom is 0.242 e. The van der Waals surface area contributed by atoms with Crippen LogP contribution in [-0.4, -0.2) is 5.91 Å². The van der Waals surface area contributed by atoms with E-state index in [1.165, 1.54) is 11.1 Å². The van der Waals surface area contributed by atoms with Gasteiger partial charge in [-0.15, -0.1) is 0 Å². The number of para-hydroxylation sites is 3. The summed E-state index contributed by atoms with van der Waals surface area (Å²) in [7, 11) is 0. The van der Waals surface area contributed by atoms with Gasteiger partial charge in [0.1, 0.15) is 0 Å². The van der Waals surface area contributed by atoms with E-state index < -0.39 is 5.41 Å². The molecule has 0 radical (unpaired) electrons. The van der Waals surface area contributed by atoms with Gasteiger partial charge in [0.15, 0.2) is 0 Å². The number of allylic oxidation sites excluding steroid dienone is 2. The van der Waals surface area contributed by atoms with E-state index in [4.69, 9.17) is 0 Å². The monoisotopic (exact) mass is 666 g/mol. The third-order valence-corrected chi connectivity index (χ3v) is 10.9. The molecule has 10 rings (SSSR count). The van der Waals surface area contributed by atoms with Gasteiger partial charge in [-0.3, -0.25) is 9.69 Å². The Labute approximate surface area is 304 Å². The Bertz CT molecular complexity index is 2400. The Morgan fingerprint density at radius 1 is 0.423 bits per heavy atom. The second-order valence-electron chi connectivity index (χ2n) is 13.6. The number of hydrogen-bond acceptors (Lipinski definition) is 2. The zero-order chi connectivity index (χ0) is 34.6. The predicted octanol–water partition coefficient (Wildman–Crippen LogP) is 11.9. The van der Waals surface area contributed by atoms with Crippen LogP contribution in [0, 0.1) is 5.92 Å². The number of nitrogens with zero attached hydrogens (tertiary/aromatic N) is 2. The van der Waals surface area contributed by atoms with Crippen molar-refractivity contribution in [3.8, 4) is 22.3 Å². The van der Waals surface area contributed by atoms with Crippen molar-refractivity contribution in [2.75, 3.05) is 9.80 Å². The molecule has 0 aromatic heterocycles. The van der Waals surface area contributed by atoms with Crippen molar-refractivity contribution in [2.24, 2.45) is 5.92 Å². The van der Waals surface area contributed by atoms with E-state index in [9.17, 15) is 4.79 Å². The first kappa shape index (κ1) is 30.1. The van der Waals surface area contributed by atoms with Gasteiger partial charge >= 0.3 is 0 Å². The molecule has 1 spiro atoms. The minimum atomic E-state index is -0.767. The molecule has 0 bridgehead atoms. The molecule has 3 aliphatic rings. The van der Waals surface area contributed by atoms with E-state index in [-0.39, 0.29) is 11.8 Å². The quantitative estimate of drug-likeness (QED) is 0.187. The Morgan fingerprint density at radius 3 is 1.37 bits per heavy atom. The molecule has 0 saturated carbocycles. The first-order valence-corrected chi connectivity index (χ1v) is 17.9. The van der Waals surface area contributed by atoms with Crippen molar-refractivity contribution in [3.63, 3.8) is 0 Å². The number of anilines is 5. The van der Waals surface area contributed by atoms with Gasteiger partial charge in [-0.2, -0.15) is 0 Å². The molecule has 52 heavy (non-hydrogen) atoms. The third kappa shape index (κ3) is 4.42. The zero-order valence-corrected chi connectivity index (χ0v) is 28.4.